The average molecular weight is 317 g/mol. The fraction of sp³-hybridized carbons (Fsp3) is 0.300. The maximum absolute atomic E-state index is 13.4. The van der Waals surface area contributed by atoms with Gasteiger partial charge in [0, 0.05) is 12.1 Å². The van der Waals surface area contributed by atoms with Crippen LogP contribution < -0.4 is 5.73 Å². The SMILES string of the molecule is Nc1nc2cc(I)c(F)cc2n1C1CC1. The van der Waals surface area contributed by atoms with E-state index in [9.17, 15) is 4.39 Å². The van der Waals surface area contributed by atoms with Gasteiger partial charge in [-0.1, -0.05) is 0 Å². The van der Waals surface area contributed by atoms with Crippen LogP contribution in [-0.4, -0.2) is 9.55 Å². The molecule has 15 heavy (non-hydrogen) atoms. The molecule has 3 nitrogen and oxygen atoms in total. The van der Waals surface area contributed by atoms with Crippen LogP contribution in [0.2, 0.25) is 0 Å². The third kappa shape index (κ3) is 1.40. The maximum atomic E-state index is 13.4. The molecule has 1 aromatic carbocycles. The molecule has 0 bridgehead atoms. The minimum Gasteiger partial charge on any atom is -0.369 e. The third-order valence-electron chi connectivity index (χ3n) is 2.67. The first-order valence-electron chi connectivity index (χ1n) is 4.79. The van der Waals surface area contributed by atoms with Gasteiger partial charge in [0.2, 0.25) is 5.95 Å². The minimum atomic E-state index is -0.204. The lowest BCUT2D eigenvalue weighted by Gasteiger charge is -2.03. The Morgan fingerprint density at radius 3 is 2.87 bits per heavy atom. The quantitative estimate of drug-likeness (QED) is 0.822. The molecule has 0 atom stereocenters. The molecule has 1 aromatic heterocycles. The van der Waals surface area contributed by atoms with E-state index in [1.54, 1.807) is 6.07 Å². The normalized spacial score (nSPS) is 16.1. The van der Waals surface area contributed by atoms with E-state index >= 15 is 0 Å². The Kier molecular flexibility index (Phi) is 1.92. The first kappa shape index (κ1) is 9.38. The van der Waals surface area contributed by atoms with Crippen molar-refractivity contribution in [3.8, 4) is 0 Å². The molecule has 0 aliphatic heterocycles. The van der Waals surface area contributed by atoms with E-state index in [2.05, 4.69) is 4.98 Å². The van der Waals surface area contributed by atoms with Crippen molar-refractivity contribution in [2.75, 3.05) is 5.73 Å². The van der Waals surface area contributed by atoms with Crippen LogP contribution in [0.5, 0.6) is 0 Å². The van der Waals surface area contributed by atoms with Crippen LogP contribution in [0.1, 0.15) is 18.9 Å². The fourth-order valence-corrected chi connectivity index (χ4v) is 2.28. The number of halogens is 2. The van der Waals surface area contributed by atoms with Gasteiger partial charge in [-0.25, -0.2) is 9.37 Å². The largest absolute Gasteiger partial charge is 0.369 e. The lowest BCUT2D eigenvalue weighted by Crippen LogP contribution is -2.00. The number of anilines is 1. The van der Waals surface area contributed by atoms with Crippen LogP contribution in [0.4, 0.5) is 10.3 Å². The predicted molar refractivity (Wildman–Crippen MR) is 65.1 cm³/mol. The van der Waals surface area contributed by atoms with Gasteiger partial charge in [0.1, 0.15) is 5.82 Å². The molecule has 5 heteroatoms. The number of rotatable bonds is 1. The summed E-state index contributed by atoms with van der Waals surface area (Å²) in [5.41, 5.74) is 7.42. The maximum Gasteiger partial charge on any atom is 0.201 e. The van der Waals surface area contributed by atoms with Crippen LogP contribution in [0.3, 0.4) is 0 Å². The zero-order chi connectivity index (χ0) is 10.6. The van der Waals surface area contributed by atoms with Crippen LogP contribution in [0.25, 0.3) is 11.0 Å². The van der Waals surface area contributed by atoms with Gasteiger partial charge < -0.3 is 10.3 Å². The number of benzene rings is 1. The highest BCUT2D eigenvalue weighted by atomic mass is 127. The number of fused-ring (bicyclic) bond motifs is 1. The number of nitrogens with two attached hydrogens (primary N) is 1. The standard InChI is InChI=1S/C10H9FIN3/c11-6-3-9-8(4-7(6)12)14-10(13)15(9)5-1-2-5/h3-5H,1-2H2,(H2,13,14). The summed E-state index contributed by atoms with van der Waals surface area (Å²) in [7, 11) is 0. The van der Waals surface area contributed by atoms with Crippen molar-refractivity contribution in [2.45, 2.75) is 18.9 Å². The van der Waals surface area contributed by atoms with Gasteiger partial charge in [0.15, 0.2) is 0 Å². The number of hydrogen-bond donors (Lipinski definition) is 1. The van der Waals surface area contributed by atoms with Gasteiger partial charge in [-0.2, -0.15) is 0 Å². The Morgan fingerprint density at radius 1 is 1.47 bits per heavy atom. The van der Waals surface area contributed by atoms with Crippen molar-refractivity contribution in [1.82, 2.24) is 9.55 Å². The molecule has 0 spiro atoms. The van der Waals surface area contributed by atoms with Crippen LogP contribution in [-0.2, 0) is 0 Å². The molecule has 2 aromatic rings. The molecule has 0 unspecified atom stereocenters. The number of hydrogen-bond acceptors (Lipinski definition) is 2. The highest BCUT2D eigenvalue weighted by Gasteiger charge is 2.27. The summed E-state index contributed by atoms with van der Waals surface area (Å²) in [5.74, 6) is 0.291. The zero-order valence-corrected chi connectivity index (χ0v) is 10.0. The van der Waals surface area contributed by atoms with Crippen molar-refractivity contribution in [2.24, 2.45) is 0 Å². The van der Waals surface area contributed by atoms with Crippen molar-refractivity contribution in [3.05, 3.63) is 21.5 Å². The Balaban J connectivity index is 2.34. The Morgan fingerprint density at radius 2 is 2.20 bits per heavy atom. The van der Waals surface area contributed by atoms with Crippen molar-refractivity contribution in [3.63, 3.8) is 0 Å². The van der Waals surface area contributed by atoms with Crippen LogP contribution in [0.15, 0.2) is 12.1 Å². The molecule has 3 rings (SSSR count). The molecule has 1 fully saturated rings. The fourth-order valence-electron chi connectivity index (χ4n) is 1.83. The van der Waals surface area contributed by atoms with Gasteiger partial charge in [0.05, 0.1) is 14.6 Å². The first-order chi connectivity index (χ1) is 7.16. The summed E-state index contributed by atoms with van der Waals surface area (Å²) in [5, 5.41) is 0. The molecule has 2 N–H and O–H groups in total. The van der Waals surface area contributed by atoms with Crippen molar-refractivity contribution >= 4 is 39.6 Å². The van der Waals surface area contributed by atoms with Gasteiger partial charge in [-0.3, -0.25) is 0 Å². The smallest absolute Gasteiger partial charge is 0.201 e. The summed E-state index contributed by atoms with van der Waals surface area (Å²) in [4.78, 5) is 4.25. The van der Waals surface area contributed by atoms with Crippen molar-refractivity contribution in [1.29, 1.82) is 0 Å². The number of nitrogen functional groups attached to an aromatic ring is 1. The highest BCUT2D eigenvalue weighted by molar-refractivity contribution is 14.1. The average Bonchev–Trinajstić information content (AvgIpc) is 2.93. The third-order valence-corrected chi connectivity index (χ3v) is 3.50. The van der Waals surface area contributed by atoms with E-state index < -0.39 is 0 Å². The van der Waals surface area contributed by atoms with Gasteiger partial charge >= 0.3 is 0 Å². The molecule has 1 aliphatic carbocycles. The molecule has 0 radical (unpaired) electrons. The number of nitrogens with zero attached hydrogens (tertiary/aromatic N) is 2. The molecule has 1 heterocycles. The van der Waals surface area contributed by atoms with Gasteiger partial charge in [-0.05, 0) is 41.5 Å². The Bertz CT molecular complexity index is 545. The second-order valence-electron chi connectivity index (χ2n) is 3.83. The summed E-state index contributed by atoms with van der Waals surface area (Å²) in [6.07, 6.45) is 2.23. The summed E-state index contributed by atoms with van der Waals surface area (Å²) in [6.45, 7) is 0. The highest BCUT2D eigenvalue weighted by Crippen LogP contribution is 2.39. The predicted octanol–water partition coefficient (Wildman–Crippen LogP) is 2.70. The molecule has 1 aliphatic rings. The van der Waals surface area contributed by atoms with Crippen LogP contribution >= 0.6 is 22.6 Å². The second kappa shape index (κ2) is 3.07. The lowest BCUT2D eigenvalue weighted by molar-refractivity contribution is 0.621. The van der Waals surface area contributed by atoms with E-state index in [-0.39, 0.29) is 5.82 Å². The van der Waals surface area contributed by atoms with E-state index in [1.807, 2.05) is 27.2 Å². The second-order valence-corrected chi connectivity index (χ2v) is 4.99. The Hall–Kier alpha value is -0.850. The topological polar surface area (TPSA) is 43.8 Å². The minimum absolute atomic E-state index is 0.204. The zero-order valence-electron chi connectivity index (χ0n) is 7.87. The van der Waals surface area contributed by atoms with E-state index in [0.29, 0.717) is 15.6 Å². The molecule has 78 valence electrons. The molecule has 0 amide bonds. The van der Waals surface area contributed by atoms with E-state index in [1.165, 1.54) is 6.07 Å². The van der Waals surface area contributed by atoms with E-state index in [4.69, 9.17) is 5.73 Å². The van der Waals surface area contributed by atoms with Crippen molar-refractivity contribution < 1.29 is 4.39 Å². The molecule has 1 saturated carbocycles. The Labute approximate surface area is 99.6 Å². The number of aromatic nitrogens is 2. The monoisotopic (exact) mass is 317 g/mol. The first-order valence-corrected chi connectivity index (χ1v) is 5.87. The van der Waals surface area contributed by atoms with Gasteiger partial charge in [-0.15, -0.1) is 0 Å². The summed E-state index contributed by atoms with van der Waals surface area (Å²) >= 11 is 1.96. The summed E-state index contributed by atoms with van der Waals surface area (Å²) < 4.78 is 16.0. The van der Waals surface area contributed by atoms with Crippen LogP contribution in [0, 0.1) is 9.39 Å². The van der Waals surface area contributed by atoms with Gasteiger partial charge in [0.25, 0.3) is 0 Å². The summed E-state index contributed by atoms with van der Waals surface area (Å²) in [6, 6.07) is 3.69. The lowest BCUT2D eigenvalue weighted by atomic mass is 10.3. The van der Waals surface area contributed by atoms with E-state index in [0.717, 1.165) is 23.9 Å². The number of imidazole rings is 1. The molecular weight excluding hydrogens is 308 g/mol. The molecular formula is C10H9FIN3. The molecule has 0 saturated heterocycles.